The van der Waals surface area contributed by atoms with Crippen LogP contribution in [0.3, 0.4) is 0 Å². The lowest BCUT2D eigenvalue weighted by Gasteiger charge is -2.29. The number of hydrogen-bond acceptors (Lipinski definition) is 3. The number of carbonyl (C=O) groups excluding carboxylic acids is 1. The number of carbonyl (C=O) groups is 1. The van der Waals surface area contributed by atoms with Crippen LogP contribution in [0.2, 0.25) is 0 Å². The number of amides is 2. The molecule has 1 aromatic carbocycles. The van der Waals surface area contributed by atoms with E-state index in [0.717, 1.165) is 42.5 Å². The standard InChI is InChI=1S/C20H27N3O3/c1-3-21-20(25)22-14-8-10-15(11-9-14)26-12-18-13(2)19(24)16-6-4-5-7-17(16)23-18/h4-7,14-15H,3,8-12H2,1-2H3,(H,23,24)(H2,21,22,25)/t14-,15-. The van der Waals surface area contributed by atoms with Gasteiger partial charge in [-0.05, 0) is 51.7 Å². The van der Waals surface area contributed by atoms with Crippen LogP contribution in [0.1, 0.15) is 43.9 Å². The average molecular weight is 357 g/mol. The van der Waals surface area contributed by atoms with Crippen molar-refractivity contribution in [2.45, 2.75) is 58.3 Å². The second kappa shape index (κ2) is 8.36. The van der Waals surface area contributed by atoms with Crippen LogP contribution in [0.5, 0.6) is 0 Å². The van der Waals surface area contributed by atoms with Crippen LogP contribution in [-0.2, 0) is 11.3 Å². The number of para-hydroxylation sites is 1. The summed E-state index contributed by atoms with van der Waals surface area (Å²) in [4.78, 5) is 27.4. The number of H-pyrrole nitrogens is 1. The van der Waals surface area contributed by atoms with Crippen molar-refractivity contribution in [2.24, 2.45) is 0 Å². The maximum atomic E-state index is 12.5. The Bertz CT molecular complexity index is 823. The first-order valence-corrected chi connectivity index (χ1v) is 9.35. The van der Waals surface area contributed by atoms with Crippen LogP contribution in [0, 0.1) is 6.92 Å². The maximum absolute atomic E-state index is 12.5. The van der Waals surface area contributed by atoms with Gasteiger partial charge in [-0.3, -0.25) is 4.79 Å². The third-order valence-electron chi connectivity index (χ3n) is 5.06. The Hall–Kier alpha value is -2.34. The van der Waals surface area contributed by atoms with Gasteiger partial charge >= 0.3 is 6.03 Å². The highest BCUT2D eigenvalue weighted by Crippen LogP contribution is 2.22. The fraction of sp³-hybridized carbons (Fsp3) is 0.500. The molecule has 140 valence electrons. The lowest BCUT2D eigenvalue weighted by molar-refractivity contribution is 0.0104. The van der Waals surface area contributed by atoms with Gasteiger partial charge in [0.05, 0.1) is 12.7 Å². The van der Waals surface area contributed by atoms with E-state index < -0.39 is 0 Å². The monoisotopic (exact) mass is 357 g/mol. The molecule has 1 saturated carbocycles. The molecular formula is C20H27N3O3. The summed E-state index contributed by atoms with van der Waals surface area (Å²) in [6, 6.07) is 7.67. The van der Waals surface area contributed by atoms with Gasteiger partial charge < -0.3 is 20.4 Å². The fourth-order valence-electron chi connectivity index (χ4n) is 3.50. The zero-order valence-corrected chi connectivity index (χ0v) is 15.4. The van der Waals surface area contributed by atoms with E-state index in [9.17, 15) is 9.59 Å². The minimum absolute atomic E-state index is 0.0628. The van der Waals surface area contributed by atoms with E-state index in [1.54, 1.807) is 0 Å². The van der Waals surface area contributed by atoms with Gasteiger partial charge in [-0.25, -0.2) is 4.79 Å². The zero-order valence-electron chi connectivity index (χ0n) is 15.4. The molecule has 0 unspecified atom stereocenters. The van der Waals surface area contributed by atoms with Crippen LogP contribution >= 0.6 is 0 Å². The van der Waals surface area contributed by atoms with E-state index in [4.69, 9.17) is 4.74 Å². The molecule has 1 aromatic heterocycles. The molecule has 0 bridgehead atoms. The second-order valence-electron chi connectivity index (χ2n) is 6.89. The quantitative estimate of drug-likeness (QED) is 0.769. The van der Waals surface area contributed by atoms with Gasteiger partial charge in [-0.15, -0.1) is 0 Å². The van der Waals surface area contributed by atoms with Crippen LogP contribution < -0.4 is 16.1 Å². The Morgan fingerprint density at radius 3 is 2.69 bits per heavy atom. The van der Waals surface area contributed by atoms with Crippen LogP contribution in [-0.4, -0.2) is 29.7 Å². The minimum Gasteiger partial charge on any atom is -0.372 e. The molecule has 1 heterocycles. The highest BCUT2D eigenvalue weighted by atomic mass is 16.5. The third-order valence-corrected chi connectivity index (χ3v) is 5.06. The molecule has 1 aliphatic rings. The molecule has 2 amide bonds. The first kappa shape index (κ1) is 18.5. The van der Waals surface area contributed by atoms with Crippen molar-refractivity contribution in [2.75, 3.05) is 6.54 Å². The predicted molar refractivity (Wildman–Crippen MR) is 102 cm³/mol. The number of hydrogen-bond donors (Lipinski definition) is 3. The van der Waals surface area contributed by atoms with Gasteiger partial charge in [0.15, 0.2) is 5.43 Å². The number of benzene rings is 1. The summed E-state index contributed by atoms with van der Waals surface area (Å²) in [7, 11) is 0. The Kier molecular flexibility index (Phi) is 5.93. The molecule has 2 aromatic rings. The normalized spacial score (nSPS) is 20.1. The summed E-state index contributed by atoms with van der Waals surface area (Å²) in [5.41, 5.74) is 2.47. The highest BCUT2D eigenvalue weighted by molar-refractivity contribution is 5.79. The van der Waals surface area contributed by atoms with Crippen molar-refractivity contribution in [1.82, 2.24) is 15.6 Å². The van der Waals surface area contributed by atoms with E-state index >= 15 is 0 Å². The molecule has 0 saturated heterocycles. The first-order valence-electron chi connectivity index (χ1n) is 9.35. The number of urea groups is 1. The molecule has 26 heavy (non-hydrogen) atoms. The van der Waals surface area contributed by atoms with Gasteiger partial charge in [0.25, 0.3) is 0 Å². The fourth-order valence-corrected chi connectivity index (χ4v) is 3.50. The molecule has 0 atom stereocenters. The SMILES string of the molecule is CCNC(=O)N[C@H]1CC[C@H](OCc2[nH]c3ccccc3c(=O)c2C)CC1. The Morgan fingerprint density at radius 1 is 1.23 bits per heavy atom. The highest BCUT2D eigenvalue weighted by Gasteiger charge is 2.23. The maximum Gasteiger partial charge on any atom is 0.314 e. The number of nitrogens with one attached hydrogen (secondary N) is 3. The molecule has 0 radical (unpaired) electrons. The number of rotatable bonds is 5. The Labute approximate surface area is 153 Å². The van der Waals surface area contributed by atoms with Gasteiger partial charge in [-0.1, -0.05) is 12.1 Å². The van der Waals surface area contributed by atoms with Crippen LogP contribution in [0.15, 0.2) is 29.1 Å². The molecule has 0 spiro atoms. The van der Waals surface area contributed by atoms with E-state index in [0.29, 0.717) is 18.5 Å². The predicted octanol–water partition coefficient (Wildman–Crippen LogP) is 2.98. The molecule has 0 aliphatic heterocycles. The van der Waals surface area contributed by atoms with Crippen molar-refractivity contribution in [3.05, 3.63) is 45.7 Å². The molecular weight excluding hydrogens is 330 g/mol. The second-order valence-corrected chi connectivity index (χ2v) is 6.89. The van der Waals surface area contributed by atoms with E-state index in [1.165, 1.54) is 0 Å². The minimum atomic E-state index is -0.0961. The molecule has 3 rings (SSSR count). The van der Waals surface area contributed by atoms with Crippen molar-refractivity contribution < 1.29 is 9.53 Å². The molecule has 6 nitrogen and oxygen atoms in total. The number of aromatic amines is 1. The Balaban J connectivity index is 1.56. The topological polar surface area (TPSA) is 83.2 Å². The zero-order chi connectivity index (χ0) is 18.5. The summed E-state index contributed by atoms with van der Waals surface area (Å²) < 4.78 is 6.06. The first-order chi connectivity index (χ1) is 12.6. The smallest absolute Gasteiger partial charge is 0.314 e. The lowest BCUT2D eigenvalue weighted by atomic mass is 9.93. The largest absolute Gasteiger partial charge is 0.372 e. The van der Waals surface area contributed by atoms with Crippen molar-refractivity contribution in [3.63, 3.8) is 0 Å². The summed E-state index contributed by atoms with van der Waals surface area (Å²) in [5, 5.41) is 6.47. The number of aromatic nitrogens is 1. The number of pyridine rings is 1. The molecule has 1 aliphatic carbocycles. The Morgan fingerprint density at radius 2 is 1.96 bits per heavy atom. The number of ether oxygens (including phenoxy) is 1. The molecule has 6 heteroatoms. The van der Waals surface area contributed by atoms with E-state index in [-0.39, 0.29) is 23.6 Å². The summed E-state index contributed by atoms with van der Waals surface area (Å²) in [6.07, 6.45) is 3.81. The number of fused-ring (bicyclic) bond motifs is 1. The van der Waals surface area contributed by atoms with Gasteiger partial charge in [0, 0.05) is 34.7 Å². The average Bonchev–Trinajstić information content (AvgIpc) is 2.65. The van der Waals surface area contributed by atoms with Crippen LogP contribution in [0.25, 0.3) is 10.9 Å². The third kappa shape index (κ3) is 4.25. The van der Waals surface area contributed by atoms with E-state index in [1.807, 2.05) is 38.1 Å². The van der Waals surface area contributed by atoms with E-state index in [2.05, 4.69) is 15.6 Å². The summed E-state index contributed by atoms with van der Waals surface area (Å²) in [5.74, 6) is 0. The van der Waals surface area contributed by atoms with Crippen molar-refractivity contribution in [1.29, 1.82) is 0 Å². The van der Waals surface area contributed by atoms with Crippen molar-refractivity contribution >= 4 is 16.9 Å². The van der Waals surface area contributed by atoms with Gasteiger partial charge in [0.1, 0.15) is 0 Å². The van der Waals surface area contributed by atoms with Gasteiger partial charge in [-0.2, -0.15) is 0 Å². The summed E-state index contributed by atoms with van der Waals surface area (Å²) >= 11 is 0. The molecule has 3 N–H and O–H groups in total. The van der Waals surface area contributed by atoms with Crippen molar-refractivity contribution in [3.8, 4) is 0 Å². The summed E-state index contributed by atoms with van der Waals surface area (Å²) in [6.45, 7) is 4.79. The lowest BCUT2D eigenvalue weighted by Crippen LogP contribution is -2.44. The van der Waals surface area contributed by atoms with Crippen LogP contribution in [0.4, 0.5) is 4.79 Å². The van der Waals surface area contributed by atoms with Gasteiger partial charge in [0.2, 0.25) is 0 Å². The molecule has 1 fully saturated rings.